The molecule has 0 aromatic heterocycles. The fraction of sp³-hybridized carbons (Fsp3) is 0.667. The van der Waals surface area contributed by atoms with E-state index in [0.717, 1.165) is 24.4 Å². The molecule has 0 spiro atoms. The van der Waals surface area contributed by atoms with E-state index in [2.05, 4.69) is 48.3 Å². The van der Waals surface area contributed by atoms with E-state index in [0.29, 0.717) is 0 Å². The highest BCUT2D eigenvalue weighted by Crippen LogP contribution is 2.38. The third kappa shape index (κ3) is 2.85. The van der Waals surface area contributed by atoms with Gasteiger partial charge in [0.05, 0.1) is 0 Å². The molecule has 0 bridgehead atoms. The summed E-state index contributed by atoms with van der Waals surface area (Å²) in [6, 6.07) is 9.79. The zero-order valence-electron chi connectivity index (χ0n) is 12.9. The van der Waals surface area contributed by atoms with E-state index >= 15 is 0 Å². The number of nitrogens with zero attached hydrogens (tertiary/aromatic N) is 1. The maximum atomic E-state index is 3.65. The molecule has 2 unspecified atom stereocenters. The van der Waals surface area contributed by atoms with Crippen molar-refractivity contribution < 1.29 is 0 Å². The van der Waals surface area contributed by atoms with Gasteiger partial charge in [0.2, 0.25) is 0 Å². The van der Waals surface area contributed by atoms with E-state index in [4.69, 9.17) is 0 Å². The Morgan fingerprint density at radius 1 is 1.25 bits per heavy atom. The molecule has 1 aliphatic heterocycles. The van der Waals surface area contributed by atoms with E-state index in [1.807, 2.05) is 0 Å². The van der Waals surface area contributed by atoms with Gasteiger partial charge in [-0.15, -0.1) is 0 Å². The summed E-state index contributed by atoms with van der Waals surface area (Å²) in [6.45, 7) is 8.17. The summed E-state index contributed by atoms with van der Waals surface area (Å²) < 4.78 is 0. The van der Waals surface area contributed by atoms with Gasteiger partial charge in [0.1, 0.15) is 0 Å². The molecule has 2 heteroatoms. The van der Waals surface area contributed by atoms with Crippen LogP contribution in [0.4, 0.5) is 5.69 Å². The SMILES string of the molecule is CC(C)CNCC1CCC1N1CCCc2ccccc21. The first-order valence-corrected chi connectivity index (χ1v) is 8.31. The fourth-order valence-corrected chi connectivity index (χ4v) is 3.66. The van der Waals surface area contributed by atoms with Crippen LogP contribution in [0.3, 0.4) is 0 Å². The molecule has 1 fully saturated rings. The minimum Gasteiger partial charge on any atom is -0.368 e. The molecule has 0 radical (unpaired) electrons. The van der Waals surface area contributed by atoms with Crippen LogP contribution in [0.25, 0.3) is 0 Å². The van der Waals surface area contributed by atoms with Gasteiger partial charge >= 0.3 is 0 Å². The normalized spacial score (nSPS) is 25.4. The van der Waals surface area contributed by atoms with Crippen LogP contribution in [0.1, 0.15) is 38.7 Å². The van der Waals surface area contributed by atoms with E-state index in [-0.39, 0.29) is 0 Å². The number of fused-ring (bicyclic) bond motifs is 1. The van der Waals surface area contributed by atoms with Crippen molar-refractivity contribution in [2.24, 2.45) is 11.8 Å². The second-order valence-corrected chi connectivity index (χ2v) is 6.88. The van der Waals surface area contributed by atoms with Gasteiger partial charge in [-0.3, -0.25) is 0 Å². The van der Waals surface area contributed by atoms with E-state index < -0.39 is 0 Å². The molecule has 1 saturated carbocycles. The number of hydrogen-bond acceptors (Lipinski definition) is 2. The van der Waals surface area contributed by atoms with Crippen LogP contribution in [-0.4, -0.2) is 25.7 Å². The summed E-state index contributed by atoms with van der Waals surface area (Å²) in [4.78, 5) is 2.70. The Bertz CT molecular complexity index is 441. The van der Waals surface area contributed by atoms with Gasteiger partial charge < -0.3 is 10.2 Å². The monoisotopic (exact) mass is 272 g/mol. The van der Waals surface area contributed by atoms with Gasteiger partial charge in [-0.1, -0.05) is 32.0 Å². The Hall–Kier alpha value is -1.02. The zero-order valence-corrected chi connectivity index (χ0v) is 12.9. The van der Waals surface area contributed by atoms with Crippen LogP contribution in [0, 0.1) is 11.8 Å². The third-order valence-electron chi connectivity index (χ3n) is 4.88. The average Bonchev–Trinajstić information content (AvgIpc) is 2.42. The first-order chi connectivity index (χ1) is 9.75. The molecular weight excluding hydrogens is 244 g/mol. The van der Waals surface area contributed by atoms with E-state index in [1.165, 1.54) is 44.5 Å². The van der Waals surface area contributed by atoms with Crippen LogP contribution in [-0.2, 0) is 6.42 Å². The van der Waals surface area contributed by atoms with Gasteiger partial charge in [-0.2, -0.15) is 0 Å². The number of aryl methyl sites for hydroxylation is 1. The largest absolute Gasteiger partial charge is 0.368 e. The zero-order chi connectivity index (χ0) is 13.9. The number of para-hydroxylation sites is 1. The second kappa shape index (κ2) is 6.17. The Morgan fingerprint density at radius 2 is 2.10 bits per heavy atom. The van der Waals surface area contributed by atoms with Crippen LogP contribution in [0.2, 0.25) is 0 Å². The summed E-state index contributed by atoms with van der Waals surface area (Å²) in [5, 5.41) is 3.65. The van der Waals surface area contributed by atoms with Crippen LogP contribution in [0.5, 0.6) is 0 Å². The Balaban J connectivity index is 1.62. The molecule has 2 aliphatic rings. The Morgan fingerprint density at radius 3 is 2.85 bits per heavy atom. The van der Waals surface area contributed by atoms with E-state index in [9.17, 15) is 0 Å². The van der Waals surface area contributed by atoms with Crippen molar-refractivity contribution >= 4 is 5.69 Å². The maximum absolute atomic E-state index is 3.65. The third-order valence-corrected chi connectivity index (χ3v) is 4.88. The molecule has 2 atom stereocenters. The lowest BCUT2D eigenvalue weighted by molar-refractivity contribution is 0.229. The summed E-state index contributed by atoms with van der Waals surface area (Å²) in [6.07, 6.45) is 5.35. The maximum Gasteiger partial charge on any atom is 0.0401 e. The first kappa shape index (κ1) is 13.9. The van der Waals surface area contributed by atoms with Crippen molar-refractivity contribution in [1.29, 1.82) is 0 Å². The molecule has 0 saturated heterocycles. The average molecular weight is 272 g/mol. The van der Waals surface area contributed by atoms with Crippen molar-refractivity contribution in [3.8, 4) is 0 Å². The molecule has 1 N–H and O–H groups in total. The highest BCUT2D eigenvalue weighted by molar-refractivity contribution is 5.56. The molecule has 2 nitrogen and oxygen atoms in total. The van der Waals surface area contributed by atoms with Crippen molar-refractivity contribution in [3.05, 3.63) is 29.8 Å². The van der Waals surface area contributed by atoms with Crippen molar-refractivity contribution in [2.45, 2.75) is 45.6 Å². The lowest BCUT2D eigenvalue weighted by Gasteiger charge is -2.48. The number of anilines is 1. The highest BCUT2D eigenvalue weighted by atomic mass is 15.2. The van der Waals surface area contributed by atoms with Crippen LogP contribution in [0.15, 0.2) is 24.3 Å². The fourth-order valence-electron chi connectivity index (χ4n) is 3.66. The minimum absolute atomic E-state index is 0.754. The Labute approximate surface area is 123 Å². The summed E-state index contributed by atoms with van der Waals surface area (Å²) >= 11 is 0. The van der Waals surface area contributed by atoms with Crippen molar-refractivity contribution in [3.63, 3.8) is 0 Å². The van der Waals surface area contributed by atoms with Gasteiger partial charge in [0.25, 0.3) is 0 Å². The molecule has 110 valence electrons. The summed E-state index contributed by atoms with van der Waals surface area (Å²) in [5.41, 5.74) is 3.07. The van der Waals surface area contributed by atoms with Crippen LogP contribution < -0.4 is 10.2 Å². The number of benzene rings is 1. The topological polar surface area (TPSA) is 15.3 Å². The number of rotatable bonds is 5. The van der Waals surface area contributed by atoms with Crippen molar-refractivity contribution in [2.75, 3.05) is 24.5 Å². The lowest BCUT2D eigenvalue weighted by atomic mass is 9.77. The lowest BCUT2D eigenvalue weighted by Crippen LogP contribution is -2.52. The van der Waals surface area contributed by atoms with Gasteiger partial charge in [-0.05, 0) is 62.2 Å². The Kier molecular flexibility index (Phi) is 4.30. The molecule has 1 heterocycles. The number of nitrogens with one attached hydrogen (secondary N) is 1. The molecule has 1 aliphatic carbocycles. The van der Waals surface area contributed by atoms with E-state index in [1.54, 1.807) is 5.56 Å². The highest BCUT2D eigenvalue weighted by Gasteiger charge is 2.36. The molecule has 0 amide bonds. The van der Waals surface area contributed by atoms with Gasteiger partial charge in [0.15, 0.2) is 0 Å². The smallest absolute Gasteiger partial charge is 0.0401 e. The molecular formula is C18H28N2. The summed E-state index contributed by atoms with van der Waals surface area (Å²) in [7, 11) is 0. The quantitative estimate of drug-likeness (QED) is 0.883. The molecule has 3 rings (SSSR count). The molecule has 20 heavy (non-hydrogen) atoms. The molecule has 1 aromatic carbocycles. The van der Waals surface area contributed by atoms with Gasteiger partial charge in [0, 0.05) is 18.3 Å². The predicted octanol–water partition coefficient (Wildman–Crippen LogP) is 3.46. The number of hydrogen-bond donors (Lipinski definition) is 1. The van der Waals surface area contributed by atoms with Crippen LogP contribution >= 0.6 is 0 Å². The second-order valence-electron chi connectivity index (χ2n) is 6.88. The minimum atomic E-state index is 0.754. The van der Waals surface area contributed by atoms with Crippen molar-refractivity contribution in [1.82, 2.24) is 5.32 Å². The molecule has 1 aromatic rings. The van der Waals surface area contributed by atoms with Gasteiger partial charge in [-0.25, -0.2) is 0 Å². The standard InChI is InChI=1S/C18H28N2/c1-14(2)12-19-13-16-9-10-18(16)20-11-5-7-15-6-3-4-8-17(15)20/h3-4,6,8,14,16,18-19H,5,7,9-13H2,1-2H3. The predicted molar refractivity (Wildman–Crippen MR) is 86.3 cm³/mol. The first-order valence-electron chi connectivity index (χ1n) is 8.31. The summed E-state index contributed by atoms with van der Waals surface area (Å²) in [5.74, 6) is 1.60.